The summed E-state index contributed by atoms with van der Waals surface area (Å²) in [4.78, 5) is 15.8. The number of aryl methyl sites for hydroxylation is 1. The molecular formula is C15H19BrN2O3S. The van der Waals surface area contributed by atoms with Gasteiger partial charge in [-0.2, -0.15) is 0 Å². The number of fused-ring (bicyclic) bond motifs is 1. The van der Waals surface area contributed by atoms with Crippen LogP contribution in [0.4, 0.5) is 9.93 Å². The average Bonchev–Trinajstić information content (AvgIpc) is 2.88. The molecule has 1 aromatic carbocycles. The van der Waals surface area contributed by atoms with Gasteiger partial charge < -0.3 is 9.84 Å². The first-order chi connectivity index (χ1) is 10.3. The number of anilines is 1. The predicted molar refractivity (Wildman–Crippen MR) is 93.2 cm³/mol. The number of amides is 1. The smallest absolute Gasteiger partial charge is 0.413 e. The van der Waals surface area contributed by atoms with Gasteiger partial charge in [0, 0.05) is 10.4 Å². The highest BCUT2D eigenvalue weighted by atomic mass is 79.9. The number of carbonyl (C=O) groups excluding carboxylic acids is 1. The third-order valence-corrected chi connectivity index (χ3v) is 5.39. The fraction of sp³-hybridized carbons (Fsp3) is 0.467. The summed E-state index contributed by atoms with van der Waals surface area (Å²) in [5.41, 5.74) is 4.88. The van der Waals surface area contributed by atoms with E-state index in [0.29, 0.717) is 5.13 Å². The Labute approximate surface area is 141 Å². The van der Waals surface area contributed by atoms with Crippen LogP contribution in [0.1, 0.15) is 35.3 Å². The number of halogens is 1. The molecule has 2 rings (SSSR count). The van der Waals surface area contributed by atoms with Crippen molar-refractivity contribution in [2.45, 2.75) is 38.6 Å². The lowest BCUT2D eigenvalue weighted by Crippen LogP contribution is -2.11. The van der Waals surface area contributed by atoms with Crippen molar-refractivity contribution < 1.29 is 14.6 Å². The molecule has 7 heteroatoms. The molecule has 1 amide bonds. The molecule has 2 atom stereocenters. The lowest BCUT2D eigenvalue weighted by atomic mass is 9.93. The summed E-state index contributed by atoms with van der Waals surface area (Å²) < 4.78 is 5.50. The number of benzene rings is 1. The summed E-state index contributed by atoms with van der Waals surface area (Å²) in [6.45, 7) is 7.93. The largest absolute Gasteiger partial charge is 0.453 e. The number of aromatic nitrogens is 1. The van der Waals surface area contributed by atoms with E-state index in [1.54, 1.807) is 0 Å². The van der Waals surface area contributed by atoms with Gasteiger partial charge in [-0.1, -0.05) is 27.3 Å². The monoisotopic (exact) mass is 386 g/mol. The first kappa shape index (κ1) is 17.2. The van der Waals surface area contributed by atoms with Crippen molar-refractivity contribution in [2.24, 2.45) is 0 Å². The Morgan fingerprint density at radius 1 is 1.32 bits per heavy atom. The van der Waals surface area contributed by atoms with Crippen molar-refractivity contribution in [3.8, 4) is 0 Å². The van der Waals surface area contributed by atoms with E-state index in [1.807, 2.05) is 27.7 Å². The molecule has 0 fully saturated rings. The fourth-order valence-electron chi connectivity index (χ4n) is 2.37. The van der Waals surface area contributed by atoms with Gasteiger partial charge in [0.25, 0.3) is 0 Å². The number of carbonyl (C=O) groups is 1. The van der Waals surface area contributed by atoms with Crippen LogP contribution in [0.2, 0.25) is 0 Å². The number of thiazole rings is 1. The van der Waals surface area contributed by atoms with E-state index < -0.39 is 12.2 Å². The molecule has 0 aliphatic rings. The average molecular weight is 387 g/mol. The van der Waals surface area contributed by atoms with E-state index in [9.17, 15) is 9.90 Å². The third-order valence-electron chi connectivity index (χ3n) is 3.88. The van der Waals surface area contributed by atoms with Crippen molar-refractivity contribution in [1.82, 2.24) is 4.98 Å². The maximum absolute atomic E-state index is 11.4. The van der Waals surface area contributed by atoms with E-state index in [-0.39, 0.29) is 4.83 Å². The molecule has 0 saturated heterocycles. The van der Waals surface area contributed by atoms with Gasteiger partial charge in [0.1, 0.15) is 0 Å². The number of ether oxygens (including phenoxy) is 1. The highest BCUT2D eigenvalue weighted by Crippen LogP contribution is 2.40. The molecule has 0 bridgehead atoms. The SMILES string of the molecule is COC(=O)Nc1nc2c(C)c(C)c(C)c(C(O)C(C)Br)c2s1. The van der Waals surface area contributed by atoms with Gasteiger partial charge in [-0.3, -0.25) is 5.32 Å². The molecular weight excluding hydrogens is 368 g/mol. The summed E-state index contributed by atoms with van der Waals surface area (Å²) in [5.74, 6) is 0. The molecule has 5 nitrogen and oxygen atoms in total. The first-order valence-corrected chi connectivity index (χ1v) is 8.58. The van der Waals surface area contributed by atoms with Gasteiger partial charge in [0.05, 0.1) is 23.4 Å². The lowest BCUT2D eigenvalue weighted by molar-refractivity contribution is 0.182. The molecule has 2 aromatic rings. The van der Waals surface area contributed by atoms with Gasteiger partial charge in [0.2, 0.25) is 0 Å². The maximum Gasteiger partial charge on any atom is 0.413 e. The van der Waals surface area contributed by atoms with Crippen LogP contribution in [-0.2, 0) is 4.74 Å². The molecule has 120 valence electrons. The zero-order valence-corrected chi connectivity index (χ0v) is 15.6. The van der Waals surface area contributed by atoms with Crippen LogP contribution >= 0.6 is 27.3 Å². The lowest BCUT2D eigenvalue weighted by Gasteiger charge is -2.19. The van der Waals surface area contributed by atoms with Crippen molar-refractivity contribution in [3.63, 3.8) is 0 Å². The molecule has 0 aliphatic carbocycles. The fourth-order valence-corrected chi connectivity index (χ4v) is 3.77. The van der Waals surface area contributed by atoms with Crippen LogP contribution in [0.3, 0.4) is 0 Å². The zero-order chi connectivity index (χ0) is 16.6. The number of aliphatic hydroxyl groups is 1. The highest BCUT2D eigenvalue weighted by Gasteiger charge is 2.24. The molecule has 0 aliphatic heterocycles. The minimum absolute atomic E-state index is 0.0874. The van der Waals surface area contributed by atoms with Gasteiger partial charge in [-0.25, -0.2) is 9.78 Å². The Balaban J connectivity index is 2.69. The van der Waals surface area contributed by atoms with Gasteiger partial charge in [-0.05, 0) is 44.4 Å². The van der Waals surface area contributed by atoms with Gasteiger partial charge in [-0.15, -0.1) is 0 Å². The minimum atomic E-state index is -0.645. The number of hydrogen-bond donors (Lipinski definition) is 2. The number of alkyl halides is 1. The predicted octanol–water partition coefficient (Wildman–Crippen LogP) is 4.22. The van der Waals surface area contributed by atoms with E-state index in [4.69, 9.17) is 0 Å². The number of aliphatic hydroxyl groups excluding tert-OH is 1. The van der Waals surface area contributed by atoms with Crippen molar-refractivity contribution in [2.75, 3.05) is 12.4 Å². The summed E-state index contributed by atoms with van der Waals surface area (Å²) in [5, 5.41) is 13.6. The molecule has 2 unspecified atom stereocenters. The Morgan fingerprint density at radius 3 is 2.50 bits per heavy atom. The maximum atomic E-state index is 11.4. The third kappa shape index (κ3) is 2.98. The second-order valence-corrected chi connectivity index (χ2v) is 7.67. The van der Waals surface area contributed by atoms with E-state index >= 15 is 0 Å². The molecule has 0 radical (unpaired) electrons. The van der Waals surface area contributed by atoms with E-state index in [0.717, 1.165) is 32.5 Å². The quantitative estimate of drug-likeness (QED) is 0.774. The second kappa shape index (κ2) is 6.52. The highest BCUT2D eigenvalue weighted by molar-refractivity contribution is 9.09. The van der Waals surface area contributed by atoms with Crippen LogP contribution in [0.25, 0.3) is 10.2 Å². The number of nitrogens with zero attached hydrogens (tertiary/aromatic N) is 1. The summed E-state index contributed by atoms with van der Waals surface area (Å²) in [7, 11) is 1.31. The molecule has 0 saturated carbocycles. The zero-order valence-electron chi connectivity index (χ0n) is 13.2. The van der Waals surface area contributed by atoms with E-state index in [2.05, 4.69) is 31.0 Å². The Bertz CT molecular complexity index is 727. The minimum Gasteiger partial charge on any atom is -0.453 e. The van der Waals surface area contributed by atoms with Crippen LogP contribution < -0.4 is 5.32 Å². The molecule has 2 N–H and O–H groups in total. The van der Waals surface area contributed by atoms with E-state index in [1.165, 1.54) is 18.4 Å². The summed E-state index contributed by atoms with van der Waals surface area (Å²) in [6.07, 6.45) is -1.20. The number of methoxy groups -OCH3 is 1. The molecule has 1 aromatic heterocycles. The van der Waals surface area contributed by atoms with Crippen molar-refractivity contribution in [3.05, 3.63) is 22.3 Å². The van der Waals surface area contributed by atoms with Gasteiger partial charge in [0.15, 0.2) is 5.13 Å². The van der Waals surface area contributed by atoms with Gasteiger partial charge >= 0.3 is 6.09 Å². The number of nitrogens with one attached hydrogen (secondary N) is 1. The molecule has 22 heavy (non-hydrogen) atoms. The summed E-state index contributed by atoms with van der Waals surface area (Å²) >= 11 is 4.79. The molecule has 1 heterocycles. The summed E-state index contributed by atoms with van der Waals surface area (Å²) in [6, 6.07) is 0. The van der Waals surface area contributed by atoms with Crippen molar-refractivity contribution in [1.29, 1.82) is 0 Å². The standard InChI is InChI=1S/C15H19BrN2O3S/c1-6-7(2)10(12(19)9(4)16)13-11(8(6)3)17-14(22-13)18-15(20)21-5/h9,12,19H,1-5H3,(H,17,18,20). The Hall–Kier alpha value is -1.18. The molecule has 0 spiro atoms. The number of rotatable bonds is 3. The normalized spacial score (nSPS) is 14.0. The van der Waals surface area contributed by atoms with Crippen molar-refractivity contribution >= 4 is 48.7 Å². The van der Waals surface area contributed by atoms with Crippen LogP contribution in [0.5, 0.6) is 0 Å². The van der Waals surface area contributed by atoms with Crippen LogP contribution in [-0.4, -0.2) is 28.1 Å². The topological polar surface area (TPSA) is 71.5 Å². The Kier molecular flexibility index (Phi) is 5.09. The second-order valence-electron chi connectivity index (χ2n) is 5.22. The van der Waals surface area contributed by atoms with Crippen LogP contribution in [0.15, 0.2) is 0 Å². The number of hydrogen-bond acceptors (Lipinski definition) is 5. The van der Waals surface area contributed by atoms with Crippen LogP contribution in [0, 0.1) is 20.8 Å². The Morgan fingerprint density at radius 2 is 1.95 bits per heavy atom. The first-order valence-electron chi connectivity index (χ1n) is 6.85.